The summed E-state index contributed by atoms with van der Waals surface area (Å²) >= 11 is 4.89. The Bertz CT molecular complexity index is 1290. The van der Waals surface area contributed by atoms with Crippen molar-refractivity contribution in [1.29, 1.82) is 0 Å². The molecule has 4 aromatic heterocycles. The quantitative estimate of drug-likeness (QED) is 0.439. The van der Waals surface area contributed by atoms with Crippen LogP contribution in [0.1, 0.15) is 11.6 Å². The molecule has 1 atom stereocenters. The highest BCUT2D eigenvalue weighted by atomic mass is 35.5. The Morgan fingerprint density at radius 3 is 2.76 bits per heavy atom. The van der Waals surface area contributed by atoms with Crippen molar-refractivity contribution in [2.24, 2.45) is 4.36 Å². The van der Waals surface area contributed by atoms with E-state index in [2.05, 4.69) is 34.0 Å². The summed E-state index contributed by atoms with van der Waals surface area (Å²) in [6.45, 7) is 0.103. The van der Waals surface area contributed by atoms with Gasteiger partial charge in [0.2, 0.25) is 5.82 Å². The summed E-state index contributed by atoms with van der Waals surface area (Å²) < 4.78 is 49.3. The van der Waals surface area contributed by atoms with Crippen LogP contribution in [0.15, 0.2) is 57.0 Å². The van der Waals surface area contributed by atoms with Crippen molar-refractivity contribution in [1.82, 2.24) is 29.5 Å². The van der Waals surface area contributed by atoms with Gasteiger partial charge in [-0.15, -0.1) is 0 Å². The molecule has 9 nitrogen and oxygen atoms in total. The summed E-state index contributed by atoms with van der Waals surface area (Å²) in [5, 5.41) is -0.229. The SMILES string of the molecule is CS(=O)(=NCc1cn2ccc(-c3noc(C(F)(F)Cl)n3)cc2n1)c1cncnc1. The van der Waals surface area contributed by atoms with Crippen LogP contribution < -0.4 is 0 Å². The standard InChI is InChI=1S/C16H12ClF2N7O2S/c1-29(27,12-6-20-9-21-7-12)22-5-11-8-26-3-2-10(4-13(26)23-11)14-24-15(28-25-14)16(17,18)19/h2-4,6-9H,5H2,1H3. The molecule has 13 heteroatoms. The summed E-state index contributed by atoms with van der Waals surface area (Å²) in [6, 6.07) is 3.21. The van der Waals surface area contributed by atoms with Crippen LogP contribution >= 0.6 is 11.6 Å². The third-order valence-electron chi connectivity index (χ3n) is 3.88. The van der Waals surface area contributed by atoms with E-state index in [4.69, 9.17) is 11.6 Å². The molecule has 0 fully saturated rings. The van der Waals surface area contributed by atoms with Crippen molar-refractivity contribution in [3.63, 3.8) is 0 Å². The zero-order valence-electron chi connectivity index (χ0n) is 14.7. The number of aromatic nitrogens is 6. The van der Waals surface area contributed by atoms with Crippen molar-refractivity contribution in [3.8, 4) is 11.4 Å². The number of alkyl halides is 3. The molecule has 150 valence electrons. The van der Waals surface area contributed by atoms with E-state index in [-0.39, 0.29) is 12.4 Å². The fraction of sp³-hybridized carbons (Fsp3) is 0.188. The minimum atomic E-state index is -3.74. The maximum atomic E-state index is 13.1. The maximum Gasteiger partial charge on any atom is 0.400 e. The van der Waals surface area contributed by atoms with Crippen molar-refractivity contribution in [2.75, 3.05) is 6.26 Å². The number of pyridine rings is 1. The normalized spacial score (nSPS) is 14.1. The molecule has 0 saturated carbocycles. The topological polar surface area (TPSA) is 111 Å². The fourth-order valence-electron chi connectivity index (χ4n) is 2.45. The number of nitrogens with zero attached hydrogens (tertiary/aromatic N) is 7. The first-order valence-electron chi connectivity index (χ1n) is 8.04. The molecule has 1 unspecified atom stereocenters. The molecule has 0 aliphatic heterocycles. The molecule has 29 heavy (non-hydrogen) atoms. The summed E-state index contributed by atoms with van der Waals surface area (Å²) in [5.41, 5.74) is 1.49. The number of hydrogen-bond donors (Lipinski definition) is 0. The first kappa shape index (κ1) is 19.3. The van der Waals surface area contributed by atoms with Gasteiger partial charge in [0.25, 0.3) is 0 Å². The zero-order valence-corrected chi connectivity index (χ0v) is 16.3. The molecule has 0 saturated heterocycles. The Hall–Kier alpha value is -2.99. The van der Waals surface area contributed by atoms with Crippen LogP contribution in [0.4, 0.5) is 8.78 Å². The molecule has 0 bridgehead atoms. The van der Waals surface area contributed by atoms with E-state index in [1.165, 1.54) is 25.0 Å². The molecule has 0 amide bonds. The Labute approximate surface area is 168 Å². The van der Waals surface area contributed by atoms with E-state index in [1.54, 1.807) is 28.9 Å². The summed E-state index contributed by atoms with van der Waals surface area (Å²) in [4.78, 5) is 16.1. The highest BCUT2D eigenvalue weighted by molar-refractivity contribution is 7.93. The molecular formula is C16H12ClF2N7O2S. The molecule has 0 N–H and O–H groups in total. The van der Waals surface area contributed by atoms with Gasteiger partial charge in [-0.3, -0.25) is 0 Å². The van der Waals surface area contributed by atoms with Gasteiger partial charge in [-0.05, 0) is 23.7 Å². The number of hydrogen-bond acceptors (Lipinski definition) is 8. The van der Waals surface area contributed by atoms with Crippen LogP contribution in [0.25, 0.3) is 17.0 Å². The minimum absolute atomic E-state index is 0.0438. The van der Waals surface area contributed by atoms with Gasteiger partial charge < -0.3 is 8.92 Å². The monoisotopic (exact) mass is 439 g/mol. The smallest absolute Gasteiger partial charge is 0.331 e. The van der Waals surface area contributed by atoms with Crippen LogP contribution in [-0.4, -0.2) is 40.0 Å². The number of imidazole rings is 1. The zero-order chi connectivity index (χ0) is 20.6. The molecular weight excluding hydrogens is 428 g/mol. The number of rotatable bonds is 5. The van der Waals surface area contributed by atoms with Crippen molar-refractivity contribution in [3.05, 3.63) is 54.8 Å². The second kappa shape index (κ2) is 7.12. The van der Waals surface area contributed by atoms with E-state index >= 15 is 0 Å². The van der Waals surface area contributed by atoms with Crippen LogP contribution in [0, 0.1) is 0 Å². The van der Waals surface area contributed by atoms with Crippen LogP contribution in [0.2, 0.25) is 0 Å². The third-order valence-corrected chi connectivity index (χ3v) is 5.75. The molecule has 0 aliphatic carbocycles. The second-order valence-electron chi connectivity index (χ2n) is 6.00. The first-order valence-corrected chi connectivity index (χ1v) is 10.3. The maximum absolute atomic E-state index is 13.1. The van der Waals surface area contributed by atoms with Gasteiger partial charge in [0, 0.05) is 36.6 Å². The Morgan fingerprint density at radius 1 is 1.31 bits per heavy atom. The fourth-order valence-corrected chi connectivity index (χ4v) is 3.57. The molecule has 0 spiro atoms. The predicted octanol–water partition coefficient (Wildman–Crippen LogP) is 3.12. The van der Waals surface area contributed by atoms with E-state index in [0.717, 1.165) is 0 Å². The Kier molecular flexibility index (Phi) is 4.74. The molecule has 4 aromatic rings. The van der Waals surface area contributed by atoms with Crippen LogP contribution in [0.5, 0.6) is 0 Å². The van der Waals surface area contributed by atoms with Crippen molar-refractivity contribution < 1.29 is 17.5 Å². The lowest BCUT2D eigenvalue weighted by molar-refractivity contribution is 0.0551. The third kappa shape index (κ3) is 4.07. The lowest BCUT2D eigenvalue weighted by Gasteiger charge is -2.01. The first-order chi connectivity index (χ1) is 13.7. The minimum Gasteiger partial charge on any atom is -0.331 e. The molecule has 4 heterocycles. The lowest BCUT2D eigenvalue weighted by atomic mass is 10.2. The highest BCUT2D eigenvalue weighted by Gasteiger charge is 2.35. The van der Waals surface area contributed by atoms with Gasteiger partial charge in [-0.25, -0.2) is 23.5 Å². The number of halogens is 3. The number of fused-ring (bicyclic) bond motifs is 1. The van der Waals surface area contributed by atoms with E-state index in [0.29, 0.717) is 21.8 Å². The van der Waals surface area contributed by atoms with Crippen LogP contribution in [-0.2, 0) is 21.7 Å². The van der Waals surface area contributed by atoms with E-state index in [9.17, 15) is 13.0 Å². The summed E-state index contributed by atoms with van der Waals surface area (Å²) in [6.07, 6.45) is 9.13. The second-order valence-corrected chi connectivity index (χ2v) is 8.81. The Morgan fingerprint density at radius 2 is 2.07 bits per heavy atom. The van der Waals surface area contributed by atoms with Gasteiger partial charge in [0.1, 0.15) is 12.0 Å². The molecule has 4 rings (SSSR count). The Balaban J connectivity index is 1.61. The van der Waals surface area contributed by atoms with Gasteiger partial charge >= 0.3 is 11.3 Å². The van der Waals surface area contributed by atoms with Crippen LogP contribution in [0.3, 0.4) is 0 Å². The van der Waals surface area contributed by atoms with Crippen molar-refractivity contribution >= 4 is 27.0 Å². The summed E-state index contributed by atoms with van der Waals surface area (Å²) in [7, 11) is -2.67. The molecule has 0 aromatic carbocycles. The average molecular weight is 440 g/mol. The highest BCUT2D eigenvalue weighted by Crippen LogP contribution is 2.32. The van der Waals surface area contributed by atoms with E-state index in [1.807, 2.05) is 0 Å². The molecule has 0 radical (unpaired) electrons. The summed E-state index contributed by atoms with van der Waals surface area (Å²) in [5.74, 6) is -1.03. The molecule has 0 aliphatic rings. The van der Waals surface area contributed by atoms with E-state index < -0.39 is 21.0 Å². The van der Waals surface area contributed by atoms with Gasteiger partial charge in [0.05, 0.1) is 26.9 Å². The van der Waals surface area contributed by atoms with Gasteiger partial charge in [-0.1, -0.05) is 5.16 Å². The average Bonchev–Trinajstić information content (AvgIpc) is 3.33. The van der Waals surface area contributed by atoms with Crippen molar-refractivity contribution in [2.45, 2.75) is 16.8 Å². The largest absolute Gasteiger partial charge is 0.400 e. The van der Waals surface area contributed by atoms with Gasteiger partial charge in [-0.2, -0.15) is 13.8 Å². The predicted molar refractivity (Wildman–Crippen MR) is 98.7 cm³/mol. The lowest BCUT2D eigenvalue weighted by Crippen LogP contribution is -2.03. The van der Waals surface area contributed by atoms with Gasteiger partial charge in [0.15, 0.2) is 0 Å².